The summed E-state index contributed by atoms with van der Waals surface area (Å²) in [5.74, 6) is 0. The van der Waals surface area contributed by atoms with Crippen molar-refractivity contribution >= 4 is 28.9 Å². The van der Waals surface area contributed by atoms with E-state index in [1.54, 1.807) is 12.1 Å². The number of nitrogens with one attached hydrogen (secondary N) is 1. The minimum Gasteiger partial charge on any atom is -0.389 e. The molecule has 0 heterocycles. The van der Waals surface area contributed by atoms with Gasteiger partial charge in [-0.15, -0.1) is 0 Å². The van der Waals surface area contributed by atoms with Crippen molar-refractivity contribution in [1.82, 2.24) is 0 Å². The van der Waals surface area contributed by atoms with Crippen LogP contribution >= 0.6 is 23.2 Å². The summed E-state index contributed by atoms with van der Waals surface area (Å²) < 4.78 is 10.7. The van der Waals surface area contributed by atoms with Crippen LogP contribution in [-0.2, 0) is 9.47 Å². The number of halogens is 2. The van der Waals surface area contributed by atoms with Crippen molar-refractivity contribution in [3.05, 3.63) is 28.2 Å². The molecule has 0 bridgehead atoms. The van der Waals surface area contributed by atoms with Crippen molar-refractivity contribution in [2.75, 3.05) is 38.3 Å². The second-order valence-electron chi connectivity index (χ2n) is 4.70. The molecule has 1 unspecified atom stereocenters. The molecule has 120 valence electrons. The standard InChI is InChI=1S/C15H23Cl2NO3/c1-2-3-6-20-7-8-21-11-13(19)10-18-12-4-5-14(16)15(17)9-12/h4-5,9,13,18-19H,2-3,6-8,10-11H2,1H3. The molecule has 0 fully saturated rings. The Morgan fingerprint density at radius 3 is 2.62 bits per heavy atom. The maximum Gasteiger partial charge on any atom is 0.0945 e. The number of anilines is 1. The molecule has 0 radical (unpaired) electrons. The van der Waals surface area contributed by atoms with Gasteiger partial charge in [0.25, 0.3) is 0 Å². The Labute approximate surface area is 136 Å². The fourth-order valence-electron chi connectivity index (χ4n) is 1.59. The van der Waals surface area contributed by atoms with Gasteiger partial charge in [-0.25, -0.2) is 0 Å². The van der Waals surface area contributed by atoms with E-state index >= 15 is 0 Å². The minimum atomic E-state index is -0.588. The molecule has 21 heavy (non-hydrogen) atoms. The van der Waals surface area contributed by atoms with Crippen molar-refractivity contribution in [2.45, 2.75) is 25.9 Å². The lowest BCUT2D eigenvalue weighted by molar-refractivity contribution is 0.00749. The molecule has 1 aromatic rings. The molecule has 4 nitrogen and oxygen atoms in total. The molecule has 1 rings (SSSR count). The van der Waals surface area contributed by atoms with Gasteiger partial charge in [0, 0.05) is 18.8 Å². The largest absolute Gasteiger partial charge is 0.389 e. The molecule has 0 spiro atoms. The fourth-order valence-corrected chi connectivity index (χ4v) is 1.88. The molecule has 0 aliphatic carbocycles. The highest BCUT2D eigenvalue weighted by Crippen LogP contribution is 2.24. The highest BCUT2D eigenvalue weighted by molar-refractivity contribution is 6.42. The van der Waals surface area contributed by atoms with Gasteiger partial charge in [-0.2, -0.15) is 0 Å². The predicted molar refractivity (Wildman–Crippen MR) is 87.5 cm³/mol. The van der Waals surface area contributed by atoms with Crippen LogP contribution in [0, 0.1) is 0 Å². The van der Waals surface area contributed by atoms with Crippen molar-refractivity contribution < 1.29 is 14.6 Å². The van der Waals surface area contributed by atoms with Gasteiger partial charge in [-0.1, -0.05) is 36.5 Å². The van der Waals surface area contributed by atoms with Gasteiger partial charge in [-0.3, -0.25) is 0 Å². The van der Waals surface area contributed by atoms with Gasteiger partial charge in [0.1, 0.15) is 0 Å². The van der Waals surface area contributed by atoms with Gasteiger partial charge >= 0.3 is 0 Å². The molecular weight excluding hydrogens is 313 g/mol. The van der Waals surface area contributed by atoms with E-state index in [0.717, 1.165) is 25.1 Å². The Balaban J connectivity index is 2.08. The summed E-state index contributed by atoms with van der Waals surface area (Å²) in [5.41, 5.74) is 0.811. The molecule has 0 amide bonds. The van der Waals surface area contributed by atoms with Crippen LogP contribution in [0.3, 0.4) is 0 Å². The lowest BCUT2D eigenvalue weighted by Crippen LogP contribution is -2.25. The molecule has 0 aliphatic rings. The second kappa shape index (κ2) is 11.1. The van der Waals surface area contributed by atoms with Crippen LogP contribution in [0.25, 0.3) is 0 Å². The number of ether oxygens (including phenoxy) is 2. The summed E-state index contributed by atoms with van der Waals surface area (Å²) in [5, 5.41) is 13.9. The minimum absolute atomic E-state index is 0.269. The van der Waals surface area contributed by atoms with Crippen molar-refractivity contribution in [2.24, 2.45) is 0 Å². The van der Waals surface area contributed by atoms with Gasteiger partial charge in [-0.05, 0) is 24.6 Å². The van der Waals surface area contributed by atoms with E-state index < -0.39 is 6.10 Å². The van der Waals surface area contributed by atoms with Crippen molar-refractivity contribution in [3.63, 3.8) is 0 Å². The number of hydrogen-bond acceptors (Lipinski definition) is 4. The Kier molecular flexibility index (Phi) is 9.79. The number of unbranched alkanes of at least 4 members (excludes halogenated alkanes) is 1. The van der Waals surface area contributed by atoms with Gasteiger partial charge in [0.15, 0.2) is 0 Å². The first-order valence-electron chi connectivity index (χ1n) is 7.16. The monoisotopic (exact) mass is 335 g/mol. The third-order valence-corrected chi connectivity index (χ3v) is 3.52. The summed E-state index contributed by atoms with van der Waals surface area (Å²) in [6.45, 7) is 4.60. The highest BCUT2D eigenvalue weighted by Gasteiger charge is 2.05. The van der Waals surface area contributed by atoms with Crippen LogP contribution in [0.5, 0.6) is 0 Å². The zero-order valence-electron chi connectivity index (χ0n) is 12.3. The SMILES string of the molecule is CCCCOCCOCC(O)CNc1ccc(Cl)c(Cl)c1. The van der Waals surface area contributed by atoms with Crippen molar-refractivity contribution in [3.8, 4) is 0 Å². The van der Waals surface area contributed by atoms with E-state index in [0.29, 0.717) is 29.8 Å². The number of hydrogen-bond donors (Lipinski definition) is 2. The Bertz CT molecular complexity index is 405. The van der Waals surface area contributed by atoms with Crippen molar-refractivity contribution in [1.29, 1.82) is 0 Å². The third kappa shape index (κ3) is 8.49. The van der Waals surface area contributed by atoms with Crippen LogP contribution in [0.15, 0.2) is 18.2 Å². The molecule has 2 N–H and O–H groups in total. The van der Waals surface area contributed by atoms with Crippen LogP contribution in [0.1, 0.15) is 19.8 Å². The maximum atomic E-state index is 9.79. The zero-order chi connectivity index (χ0) is 15.5. The summed E-state index contributed by atoms with van der Waals surface area (Å²) in [6.07, 6.45) is 1.60. The first-order valence-corrected chi connectivity index (χ1v) is 7.91. The quantitative estimate of drug-likeness (QED) is 0.606. The topological polar surface area (TPSA) is 50.7 Å². The van der Waals surface area contributed by atoms with Crippen LogP contribution in [0.2, 0.25) is 10.0 Å². The average Bonchev–Trinajstić information content (AvgIpc) is 2.47. The van der Waals surface area contributed by atoms with Gasteiger partial charge < -0.3 is 19.9 Å². The van der Waals surface area contributed by atoms with Crippen LogP contribution in [0.4, 0.5) is 5.69 Å². The van der Waals surface area contributed by atoms with E-state index in [1.807, 2.05) is 6.07 Å². The fraction of sp³-hybridized carbons (Fsp3) is 0.600. The number of rotatable bonds is 11. The van der Waals surface area contributed by atoms with E-state index in [2.05, 4.69) is 12.2 Å². The number of aliphatic hydroxyl groups is 1. The van der Waals surface area contributed by atoms with Crippen LogP contribution in [-0.4, -0.2) is 44.2 Å². The summed E-state index contributed by atoms with van der Waals surface area (Å²) >= 11 is 11.7. The van der Waals surface area contributed by atoms with E-state index in [9.17, 15) is 5.11 Å². The first-order chi connectivity index (χ1) is 10.1. The Morgan fingerprint density at radius 1 is 1.14 bits per heavy atom. The normalized spacial score (nSPS) is 12.4. The lowest BCUT2D eigenvalue weighted by Gasteiger charge is -2.13. The summed E-state index contributed by atoms with van der Waals surface area (Å²) in [7, 11) is 0. The number of benzene rings is 1. The van der Waals surface area contributed by atoms with Gasteiger partial charge in [0.05, 0.1) is 36.0 Å². The lowest BCUT2D eigenvalue weighted by atomic mass is 10.3. The summed E-state index contributed by atoms with van der Waals surface area (Å²) in [6, 6.07) is 5.24. The molecule has 0 aromatic heterocycles. The highest BCUT2D eigenvalue weighted by atomic mass is 35.5. The smallest absolute Gasteiger partial charge is 0.0945 e. The maximum absolute atomic E-state index is 9.79. The summed E-state index contributed by atoms with van der Waals surface area (Å²) in [4.78, 5) is 0. The van der Waals surface area contributed by atoms with Gasteiger partial charge in [0.2, 0.25) is 0 Å². The van der Waals surface area contributed by atoms with E-state index in [-0.39, 0.29) is 6.61 Å². The average molecular weight is 336 g/mol. The number of aliphatic hydroxyl groups excluding tert-OH is 1. The molecule has 0 aliphatic heterocycles. The molecular formula is C15H23Cl2NO3. The molecule has 6 heteroatoms. The Hall–Kier alpha value is -0.520. The zero-order valence-corrected chi connectivity index (χ0v) is 13.8. The molecule has 0 saturated carbocycles. The molecule has 1 aromatic carbocycles. The predicted octanol–water partition coefficient (Wildman–Crippen LogP) is 3.60. The third-order valence-electron chi connectivity index (χ3n) is 2.79. The van der Waals surface area contributed by atoms with E-state index in [1.165, 1.54) is 0 Å². The van der Waals surface area contributed by atoms with E-state index in [4.69, 9.17) is 32.7 Å². The second-order valence-corrected chi connectivity index (χ2v) is 5.52. The Morgan fingerprint density at radius 2 is 1.90 bits per heavy atom. The first kappa shape index (κ1) is 18.5. The van der Waals surface area contributed by atoms with Crippen LogP contribution < -0.4 is 5.32 Å². The molecule has 0 saturated heterocycles. The molecule has 1 atom stereocenters.